The summed E-state index contributed by atoms with van der Waals surface area (Å²) in [6, 6.07) is 14.1. The molecule has 0 radical (unpaired) electrons. The molecule has 2 atom stereocenters. The molecule has 2 unspecified atom stereocenters. The fourth-order valence-electron chi connectivity index (χ4n) is 8.60. The summed E-state index contributed by atoms with van der Waals surface area (Å²) in [5, 5.41) is 12.7. The molecule has 1 amide bonds. The lowest BCUT2D eigenvalue weighted by Crippen LogP contribution is -2.57. The summed E-state index contributed by atoms with van der Waals surface area (Å²) in [6.07, 6.45) is 6.92. The first-order chi connectivity index (χ1) is 22.6. The molecule has 246 valence electrons. The summed E-state index contributed by atoms with van der Waals surface area (Å²) < 4.78 is 47.1. The van der Waals surface area contributed by atoms with Crippen LogP contribution in [0.15, 0.2) is 48.5 Å². The van der Waals surface area contributed by atoms with E-state index in [2.05, 4.69) is 14.8 Å². The van der Waals surface area contributed by atoms with Gasteiger partial charge in [0.25, 0.3) is 0 Å². The topological polar surface area (TPSA) is 116 Å². The zero-order valence-corrected chi connectivity index (χ0v) is 27.2. The van der Waals surface area contributed by atoms with Crippen molar-refractivity contribution >= 4 is 43.2 Å². The van der Waals surface area contributed by atoms with Crippen molar-refractivity contribution in [2.75, 3.05) is 49.7 Å². The van der Waals surface area contributed by atoms with Crippen LogP contribution in [0.4, 0.5) is 10.2 Å². The molecular weight excluding hydrogens is 621 g/mol. The van der Waals surface area contributed by atoms with Crippen molar-refractivity contribution in [1.29, 1.82) is 0 Å². The van der Waals surface area contributed by atoms with Gasteiger partial charge in [-0.3, -0.25) is 9.69 Å². The fourth-order valence-corrected chi connectivity index (χ4v) is 9.20. The summed E-state index contributed by atoms with van der Waals surface area (Å²) in [5.41, 5.74) is 0.951. The minimum absolute atomic E-state index is 0.0429. The van der Waals surface area contributed by atoms with Crippen LogP contribution in [0.5, 0.6) is 11.8 Å². The molecule has 1 aromatic heterocycles. The average molecular weight is 660 g/mol. The standard InChI is InChI=1S/C35H38FN5O5S/c1-47(44,45)20-30(43)41-23-8-9-24(41)19-39(18-23)33-28-11-10-27(29-17-25(42)16-22-6-2-3-7-26(22)29)31(36)32(28)37-34(38-33)46-21-35-12-4-14-40(35)15-5-13-35/h2-3,6-7,10-11,16-17,23-24,42H,4-5,8-9,12-15,18-21H2,1H3. The summed E-state index contributed by atoms with van der Waals surface area (Å²) in [4.78, 5) is 28.9. The van der Waals surface area contributed by atoms with Crippen molar-refractivity contribution in [2.45, 2.75) is 56.1 Å². The molecule has 2 bridgehead atoms. The smallest absolute Gasteiger partial charge is 0.319 e. The molecule has 8 rings (SSSR count). The Kier molecular flexibility index (Phi) is 7.29. The van der Waals surface area contributed by atoms with E-state index in [9.17, 15) is 18.3 Å². The number of aromatic hydroxyl groups is 1. The number of hydrogen-bond acceptors (Lipinski definition) is 9. The zero-order valence-electron chi connectivity index (χ0n) is 26.4. The Morgan fingerprint density at radius 3 is 2.45 bits per heavy atom. The van der Waals surface area contributed by atoms with Gasteiger partial charge in [-0.15, -0.1) is 0 Å². The Labute approximate surface area is 273 Å². The van der Waals surface area contributed by atoms with Crippen LogP contribution in [0.25, 0.3) is 32.8 Å². The number of nitrogens with zero attached hydrogens (tertiary/aromatic N) is 5. The highest BCUT2D eigenvalue weighted by Crippen LogP contribution is 2.42. The fraction of sp³-hybridized carbons (Fsp3) is 0.457. The maximum atomic E-state index is 16.8. The van der Waals surface area contributed by atoms with Crippen molar-refractivity contribution in [2.24, 2.45) is 0 Å². The van der Waals surface area contributed by atoms with E-state index in [1.165, 1.54) is 0 Å². The minimum Gasteiger partial charge on any atom is -0.508 e. The van der Waals surface area contributed by atoms with E-state index in [4.69, 9.17) is 9.72 Å². The number of ether oxygens (including phenoxy) is 1. The predicted octanol–water partition coefficient (Wildman–Crippen LogP) is 4.53. The second-order valence-electron chi connectivity index (χ2n) is 13.7. The second kappa shape index (κ2) is 11.3. The number of sulfone groups is 1. The number of phenols is 1. The normalized spacial score (nSPS) is 22.3. The molecule has 5 heterocycles. The van der Waals surface area contributed by atoms with Crippen molar-refractivity contribution in [3.63, 3.8) is 0 Å². The lowest BCUT2D eigenvalue weighted by molar-refractivity contribution is -0.131. The Balaban J connectivity index is 1.20. The van der Waals surface area contributed by atoms with E-state index in [-0.39, 0.29) is 40.8 Å². The van der Waals surface area contributed by atoms with Gasteiger partial charge in [-0.25, -0.2) is 12.8 Å². The molecule has 3 aromatic carbocycles. The quantitative estimate of drug-likeness (QED) is 0.306. The Morgan fingerprint density at radius 1 is 1.00 bits per heavy atom. The largest absolute Gasteiger partial charge is 0.508 e. The first-order valence-electron chi connectivity index (χ1n) is 16.4. The van der Waals surface area contributed by atoms with Gasteiger partial charge in [0.1, 0.15) is 29.4 Å². The number of halogens is 1. The van der Waals surface area contributed by atoms with Crippen molar-refractivity contribution in [3.8, 4) is 22.9 Å². The molecule has 1 N–H and O–H groups in total. The van der Waals surface area contributed by atoms with Gasteiger partial charge in [0.05, 0.1) is 5.54 Å². The number of phenolic OH excluding ortho intramolecular Hbond substituents is 1. The van der Waals surface area contributed by atoms with Crippen molar-refractivity contribution in [1.82, 2.24) is 19.8 Å². The molecule has 0 saturated carbocycles. The van der Waals surface area contributed by atoms with Gasteiger partial charge in [-0.1, -0.05) is 30.3 Å². The zero-order chi connectivity index (χ0) is 32.5. The van der Waals surface area contributed by atoms with Crippen LogP contribution in [0.2, 0.25) is 0 Å². The Hall–Kier alpha value is -4.03. The second-order valence-corrected chi connectivity index (χ2v) is 15.9. The van der Waals surface area contributed by atoms with Gasteiger partial charge in [-0.05, 0) is 86.1 Å². The highest BCUT2D eigenvalue weighted by atomic mass is 32.2. The molecule has 0 aliphatic carbocycles. The van der Waals surface area contributed by atoms with Gasteiger partial charge in [-0.2, -0.15) is 9.97 Å². The summed E-state index contributed by atoms with van der Waals surface area (Å²) >= 11 is 0. The summed E-state index contributed by atoms with van der Waals surface area (Å²) in [6.45, 7) is 3.41. The van der Waals surface area contributed by atoms with Crippen LogP contribution in [0.3, 0.4) is 0 Å². The third-order valence-electron chi connectivity index (χ3n) is 10.6. The molecule has 4 saturated heterocycles. The third-order valence-corrected chi connectivity index (χ3v) is 11.4. The van der Waals surface area contributed by atoms with Crippen molar-refractivity contribution < 1.29 is 27.4 Å². The number of rotatable bonds is 7. The monoisotopic (exact) mass is 659 g/mol. The van der Waals surface area contributed by atoms with E-state index in [1.807, 2.05) is 30.3 Å². The summed E-state index contributed by atoms with van der Waals surface area (Å²) in [7, 11) is -3.46. The lowest BCUT2D eigenvalue weighted by Gasteiger charge is -2.42. The van der Waals surface area contributed by atoms with Crippen LogP contribution in [0.1, 0.15) is 38.5 Å². The van der Waals surface area contributed by atoms with Gasteiger partial charge < -0.3 is 19.6 Å². The van der Waals surface area contributed by atoms with Crippen LogP contribution in [-0.4, -0.2) is 102 Å². The highest BCUT2D eigenvalue weighted by molar-refractivity contribution is 7.91. The number of aromatic nitrogens is 2. The average Bonchev–Trinajstić information content (AvgIpc) is 3.69. The number of anilines is 1. The first kappa shape index (κ1) is 30.3. The summed E-state index contributed by atoms with van der Waals surface area (Å²) in [5.74, 6) is -0.831. The van der Waals surface area contributed by atoms with Gasteiger partial charge in [0, 0.05) is 42.4 Å². The van der Waals surface area contributed by atoms with Crippen molar-refractivity contribution in [3.05, 3.63) is 54.3 Å². The Morgan fingerprint density at radius 2 is 1.72 bits per heavy atom. The third kappa shape index (κ3) is 5.35. The van der Waals surface area contributed by atoms with Crippen LogP contribution in [0, 0.1) is 5.82 Å². The van der Waals surface area contributed by atoms with Gasteiger partial charge >= 0.3 is 6.01 Å². The number of piperazine rings is 1. The number of hydrogen-bond donors (Lipinski definition) is 1. The number of carbonyl (C=O) groups is 1. The van der Waals surface area contributed by atoms with Gasteiger partial charge in [0.15, 0.2) is 15.7 Å². The molecule has 4 fully saturated rings. The number of carbonyl (C=O) groups excluding carboxylic acids is 1. The molecule has 4 aliphatic rings. The predicted molar refractivity (Wildman–Crippen MR) is 178 cm³/mol. The molecule has 10 nitrogen and oxygen atoms in total. The van der Waals surface area contributed by atoms with E-state index in [0.29, 0.717) is 42.0 Å². The maximum Gasteiger partial charge on any atom is 0.319 e. The molecule has 4 aromatic rings. The maximum absolute atomic E-state index is 16.8. The van der Waals surface area contributed by atoms with E-state index in [1.54, 1.807) is 23.1 Å². The highest BCUT2D eigenvalue weighted by Gasteiger charge is 2.46. The number of fused-ring (bicyclic) bond motifs is 5. The Bertz CT molecular complexity index is 2000. The molecule has 47 heavy (non-hydrogen) atoms. The lowest BCUT2D eigenvalue weighted by atomic mass is 9.95. The molecule has 4 aliphatic heterocycles. The van der Waals surface area contributed by atoms with Gasteiger partial charge in [0.2, 0.25) is 5.91 Å². The van der Waals surface area contributed by atoms with E-state index in [0.717, 1.165) is 68.6 Å². The SMILES string of the molecule is CS(=O)(=O)CC(=O)N1C2CCC1CN(c1nc(OCC34CCCN3CCC4)nc3c(F)c(-c4cc(O)cc5ccccc45)ccc13)C2. The van der Waals surface area contributed by atoms with Crippen LogP contribution >= 0.6 is 0 Å². The first-order valence-corrected chi connectivity index (χ1v) is 18.5. The van der Waals surface area contributed by atoms with Crippen LogP contribution < -0.4 is 9.64 Å². The van der Waals surface area contributed by atoms with E-state index >= 15 is 4.39 Å². The number of benzene rings is 3. The minimum atomic E-state index is -3.46. The molecular formula is C35H38FN5O5S. The molecule has 12 heteroatoms. The molecule has 0 spiro atoms. The van der Waals surface area contributed by atoms with Crippen LogP contribution in [-0.2, 0) is 14.6 Å². The van der Waals surface area contributed by atoms with E-state index < -0.39 is 21.4 Å². The number of amides is 1.